The fraction of sp³-hybridized carbons (Fsp3) is 0.0833. The van der Waals surface area contributed by atoms with Crippen molar-refractivity contribution in [3.05, 3.63) is 95.0 Å². The zero-order valence-electron chi connectivity index (χ0n) is 16.4. The van der Waals surface area contributed by atoms with E-state index in [9.17, 15) is 14.0 Å². The van der Waals surface area contributed by atoms with Gasteiger partial charge in [0.05, 0.1) is 12.7 Å². The molecule has 0 aliphatic rings. The van der Waals surface area contributed by atoms with Crippen LogP contribution in [0.15, 0.2) is 71.1 Å². The Morgan fingerprint density at radius 2 is 1.73 bits per heavy atom. The molecule has 0 atom stereocenters. The maximum absolute atomic E-state index is 13.8. The van der Waals surface area contributed by atoms with Crippen LogP contribution < -0.4 is 10.1 Å². The topological polar surface area (TPSA) is 68.5 Å². The Morgan fingerprint density at radius 1 is 1.00 bits per heavy atom. The van der Waals surface area contributed by atoms with E-state index >= 15 is 0 Å². The van der Waals surface area contributed by atoms with E-state index in [0.29, 0.717) is 33.5 Å². The van der Waals surface area contributed by atoms with Crippen molar-refractivity contribution in [1.29, 1.82) is 0 Å². The van der Waals surface area contributed by atoms with Crippen molar-refractivity contribution in [1.82, 2.24) is 0 Å². The van der Waals surface area contributed by atoms with Gasteiger partial charge in [-0.25, -0.2) is 4.39 Å². The Bertz CT molecular complexity index is 1260. The van der Waals surface area contributed by atoms with Gasteiger partial charge in [-0.3, -0.25) is 9.59 Å². The molecule has 1 heterocycles. The van der Waals surface area contributed by atoms with Gasteiger partial charge in [0.15, 0.2) is 5.76 Å². The molecule has 0 radical (unpaired) electrons. The lowest BCUT2D eigenvalue weighted by atomic mass is 10.0. The van der Waals surface area contributed by atoms with Crippen LogP contribution in [-0.4, -0.2) is 18.8 Å². The number of nitrogens with one attached hydrogen (secondary N) is 1. The highest BCUT2D eigenvalue weighted by atomic mass is 19.1. The highest BCUT2D eigenvalue weighted by Crippen LogP contribution is 2.30. The number of furan rings is 1. The van der Waals surface area contributed by atoms with Crippen LogP contribution in [0.4, 0.5) is 10.1 Å². The number of amides is 1. The second-order valence-corrected chi connectivity index (χ2v) is 6.76. The average Bonchev–Trinajstić information content (AvgIpc) is 3.09. The lowest BCUT2D eigenvalue weighted by Gasteiger charge is -2.06. The molecule has 0 saturated carbocycles. The minimum Gasteiger partial charge on any atom is -0.497 e. The number of carbonyl (C=O) groups is 2. The van der Waals surface area contributed by atoms with Crippen LogP contribution >= 0.6 is 0 Å². The van der Waals surface area contributed by atoms with Crippen molar-refractivity contribution in [3.63, 3.8) is 0 Å². The summed E-state index contributed by atoms with van der Waals surface area (Å²) in [5.41, 5.74) is 2.09. The van der Waals surface area contributed by atoms with E-state index in [-0.39, 0.29) is 17.1 Å². The summed E-state index contributed by atoms with van der Waals surface area (Å²) in [5, 5.41) is 3.37. The molecule has 0 aliphatic carbocycles. The van der Waals surface area contributed by atoms with Crippen LogP contribution in [-0.2, 0) is 0 Å². The van der Waals surface area contributed by atoms with Gasteiger partial charge in [-0.2, -0.15) is 0 Å². The fourth-order valence-corrected chi connectivity index (χ4v) is 3.23. The largest absolute Gasteiger partial charge is 0.497 e. The SMILES string of the molecule is COc1ccc(C(=O)c2oc3ccc(NC(=O)c4ccccc4F)cc3c2C)cc1. The third-order valence-electron chi connectivity index (χ3n) is 4.87. The number of methoxy groups -OCH3 is 1. The number of carbonyl (C=O) groups excluding carboxylic acids is 2. The molecule has 150 valence electrons. The summed E-state index contributed by atoms with van der Waals surface area (Å²) in [7, 11) is 1.56. The van der Waals surface area contributed by atoms with Crippen molar-refractivity contribution >= 4 is 28.3 Å². The first kappa shape index (κ1) is 19.4. The molecule has 0 aliphatic heterocycles. The highest BCUT2D eigenvalue weighted by molar-refractivity contribution is 6.11. The standard InChI is InChI=1S/C24H18FNO4/c1-14-19-13-16(26-24(28)18-5-3-4-6-20(18)25)9-12-21(19)30-23(14)22(27)15-7-10-17(29-2)11-8-15/h3-13H,1-2H3,(H,26,28). The number of halogens is 1. The van der Waals surface area contributed by atoms with E-state index in [4.69, 9.17) is 9.15 Å². The number of rotatable bonds is 5. The maximum atomic E-state index is 13.8. The van der Waals surface area contributed by atoms with Crippen LogP contribution in [0.5, 0.6) is 5.75 Å². The molecule has 6 heteroatoms. The molecule has 1 aromatic heterocycles. The first-order valence-corrected chi connectivity index (χ1v) is 9.25. The summed E-state index contributed by atoms with van der Waals surface area (Å²) in [6.45, 7) is 1.78. The minimum atomic E-state index is -0.594. The Kier molecular flexibility index (Phi) is 5.06. The molecule has 30 heavy (non-hydrogen) atoms. The van der Waals surface area contributed by atoms with E-state index in [2.05, 4.69) is 5.32 Å². The molecule has 1 amide bonds. The van der Waals surface area contributed by atoms with E-state index < -0.39 is 11.7 Å². The zero-order chi connectivity index (χ0) is 21.3. The quantitative estimate of drug-likeness (QED) is 0.455. The minimum absolute atomic E-state index is 0.0446. The predicted octanol–water partition coefficient (Wildman–Crippen LogP) is 5.37. The van der Waals surface area contributed by atoms with E-state index in [1.165, 1.54) is 18.2 Å². The summed E-state index contributed by atoms with van der Waals surface area (Å²) < 4.78 is 24.7. The van der Waals surface area contributed by atoms with Gasteiger partial charge in [0.1, 0.15) is 17.1 Å². The molecule has 5 nitrogen and oxygen atoms in total. The molecule has 4 aromatic rings. The maximum Gasteiger partial charge on any atom is 0.258 e. The first-order chi connectivity index (χ1) is 14.5. The fourth-order valence-electron chi connectivity index (χ4n) is 3.23. The molecule has 1 N–H and O–H groups in total. The summed E-state index contributed by atoms with van der Waals surface area (Å²) in [4.78, 5) is 25.2. The monoisotopic (exact) mass is 403 g/mol. The molecule has 0 fully saturated rings. The van der Waals surface area contributed by atoms with Crippen molar-refractivity contribution in [2.75, 3.05) is 12.4 Å². The van der Waals surface area contributed by atoms with Gasteiger partial charge < -0.3 is 14.5 Å². The van der Waals surface area contributed by atoms with Gasteiger partial charge in [-0.05, 0) is 61.5 Å². The third kappa shape index (κ3) is 3.55. The third-order valence-corrected chi connectivity index (χ3v) is 4.87. The summed E-state index contributed by atoms with van der Waals surface area (Å²) in [6.07, 6.45) is 0. The smallest absolute Gasteiger partial charge is 0.258 e. The van der Waals surface area contributed by atoms with Crippen LogP contribution in [0.1, 0.15) is 32.0 Å². The van der Waals surface area contributed by atoms with Gasteiger partial charge in [0.25, 0.3) is 5.91 Å². The average molecular weight is 403 g/mol. The number of aryl methyl sites for hydroxylation is 1. The van der Waals surface area contributed by atoms with E-state index in [0.717, 1.165) is 0 Å². The van der Waals surface area contributed by atoms with Crippen molar-refractivity contribution in [2.24, 2.45) is 0 Å². The Labute approximate surface area is 172 Å². The van der Waals surface area contributed by atoms with Crippen LogP contribution in [0.3, 0.4) is 0 Å². The van der Waals surface area contributed by atoms with Crippen molar-refractivity contribution < 1.29 is 23.1 Å². The predicted molar refractivity (Wildman–Crippen MR) is 112 cm³/mol. The molecule has 3 aromatic carbocycles. The number of hydrogen-bond acceptors (Lipinski definition) is 4. The molecule has 0 saturated heterocycles. The molecule has 0 bridgehead atoms. The van der Waals surface area contributed by atoms with Gasteiger partial charge in [0, 0.05) is 22.2 Å². The van der Waals surface area contributed by atoms with Gasteiger partial charge in [0.2, 0.25) is 5.78 Å². The van der Waals surface area contributed by atoms with Crippen molar-refractivity contribution in [2.45, 2.75) is 6.92 Å². The number of hydrogen-bond donors (Lipinski definition) is 1. The van der Waals surface area contributed by atoms with E-state index in [1.54, 1.807) is 62.6 Å². The van der Waals surface area contributed by atoms with Crippen LogP contribution in [0.2, 0.25) is 0 Å². The van der Waals surface area contributed by atoms with E-state index in [1.807, 2.05) is 0 Å². The van der Waals surface area contributed by atoms with Crippen LogP contribution in [0.25, 0.3) is 11.0 Å². The van der Waals surface area contributed by atoms with Crippen molar-refractivity contribution in [3.8, 4) is 5.75 Å². The Morgan fingerprint density at radius 3 is 2.43 bits per heavy atom. The second-order valence-electron chi connectivity index (χ2n) is 6.76. The first-order valence-electron chi connectivity index (χ1n) is 9.25. The molecular formula is C24H18FNO4. The lowest BCUT2D eigenvalue weighted by molar-refractivity contribution is 0.101. The molecular weight excluding hydrogens is 385 g/mol. The van der Waals surface area contributed by atoms with Gasteiger partial charge in [-0.1, -0.05) is 12.1 Å². The molecule has 0 unspecified atom stereocenters. The number of anilines is 1. The van der Waals surface area contributed by atoms with Gasteiger partial charge in [-0.15, -0.1) is 0 Å². The highest BCUT2D eigenvalue weighted by Gasteiger charge is 2.20. The number of fused-ring (bicyclic) bond motifs is 1. The number of benzene rings is 3. The summed E-state index contributed by atoms with van der Waals surface area (Å²) >= 11 is 0. The Balaban J connectivity index is 1.64. The number of ether oxygens (including phenoxy) is 1. The molecule has 4 rings (SSSR count). The lowest BCUT2D eigenvalue weighted by Crippen LogP contribution is -2.13. The number of ketones is 1. The molecule has 0 spiro atoms. The second kappa shape index (κ2) is 7.83. The zero-order valence-corrected chi connectivity index (χ0v) is 16.4. The summed E-state index contributed by atoms with van der Waals surface area (Å²) in [5.74, 6) is -0.509. The van der Waals surface area contributed by atoms with Crippen LogP contribution in [0, 0.1) is 12.7 Å². The summed E-state index contributed by atoms with van der Waals surface area (Å²) in [6, 6.07) is 17.6. The normalized spacial score (nSPS) is 10.8. The Hall–Kier alpha value is -3.93. The van der Waals surface area contributed by atoms with Gasteiger partial charge >= 0.3 is 0 Å².